The van der Waals surface area contributed by atoms with Crippen LogP contribution >= 0.6 is 11.6 Å². The molecule has 0 aliphatic heterocycles. The lowest BCUT2D eigenvalue weighted by Crippen LogP contribution is -2.55. The Morgan fingerprint density at radius 2 is 1.43 bits per heavy atom. The first kappa shape index (κ1) is 21.0. The van der Waals surface area contributed by atoms with Gasteiger partial charge in [0.25, 0.3) is 0 Å². The van der Waals surface area contributed by atoms with Crippen LogP contribution in [0, 0.1) is 23.7 Å². The van der Waals surface area contributed by atoms with Crippen LogP contribution in [0.3, 0.4) is 0 Å². The van der Waals surface area contributed by atoms with Gasteiger partial charge in [-0.1, -0.05) is 60.5 Å². The minimum absolute atomic E-state index is 0.228. The van der Waals surface area contributed by atoms with Crippen molar-refractivity contribution in [2.24, 2.45) is 23.7 Å². The summed E-state index contributed by atoms with van der Waals surface area (Å²) in [6.07, 6.45) is 8.62. The van der Waals surface area contributed by atoms with Crippen molar-refractivity contribution < 1.29 is 4.42 Å². The Balaban J connectivity index is 1.25. The van der Waals surface area contributed by atoms with Crippen molar-refractivity contribution in [3.05, 3.63) is 95.0 Å². The van der Waals surface area contributed by atoms with E-state index in [9.17, 15) is 0 Å². The number of hydrogen-bond donors (Lipinski definition) is 0. The molecular formula is C35H29ClO. The first-order valence-corrected chi connectivity index (χ1v) is 14.4. The Kier molecular flexibility index (Phi) is 4.13. The maximum absolute atomic E-state index is 6.34. The van der Waals surface area contributed by atoms with Crippen LogP contribution in [0.2, 0.25) is 5.02 Å². The third-order valence-electron chi connectivity index (χ3n) is 10.7. The zero-order chi connectivity index (χ0) is 24.3. The van der Waals surface area contributed by atoms with Crippen molar-refractivity contribution >= 4 is 33.5 Å². The van der Waals surface area contributed by atoms with Gasteiger partial charge < -0.3 is 4.42 Å². The second-order valence-corrected chi connectivity index (χ2v) is 12.6. The monoisotopic (exact) mass is 500 g/mol. The number of rotatable bonds is 1. The van der Waals surface area contributed by atoms with Crippen LogP contribution in [0.4, 0.5) is 0 Å². The Labute approximate surface area is 222 Å². The smallest absolute Gasteiger partial charge is 0.135 e. The van der Waals surface area contributed by atoms with Gasteiger partial charge in [0.05, 0.1) is 0 Å². The largest absolute Gasteiger partial charge is 0.456 e. The Hall–Kier alpha value is -3.03. The quantitative estimate of drug-likeness (QED) is 0.223. The molecule has 3 fully saturated rings. The molecule has 3 saturated carbocycles. The highest BCUT2D eigenvalue weighted by atomic mass is 35.5. The Morgan fingerprint density at radius 1 is 0.676 bits per heavy atom. The number of benzene rings is 4. The molecule has 0 amide bonds. The molecule has 4 aliphatic carbocycles. The van der Waals surface area contributed by atoms with Gasteiger partial charge >= 0.3 is 0 Å². The molecule has 5 atom stereocenters. The Morgan fingerprint density at radius 3 is 2.38 bits per heavy atom. The molecule has 1 spiro atoms. The normalized spacial score (nSPS) is 29.2. The second kappa shape index (κ2) is 7.29. The molecule has 37 heavy (non-hydrogen) atoms. The SMILES string of the molecule is Clc1ccc2oc3ccc(-c4ccc5c(c4)-c4ccccc4C54C5CCC6CCC(C5)CC64)cc3c2c1. The summed E-state index contributed by atoms with van der Waals surface area (Å²) in [7, 11) is 0. The molecule has 182 valence electrons. The van der Waals surface area contributed by atoms with Crippen molar-refractivity contribution in [3.63, 3.8) is 0 Å². The molecule has 4 aromatic carbocycles. The molecule has 4 aliphatic rings. The van der Waals surface area contributed by atoms with Crippen LogP contribution in [0.5, 0.6) is 0 Å². The van der Waals surface area contributed by atoms with Gasteiger partial charge in [-0.2, -0.15) is 0 Å². The maximum Gasteiger partial charge on any atom is 0.135 e. The molecule has 0 radical (unpaired) electrons. The van der Waals surface area contributed by atoms with Crippen molar-refractivity contribution in [3.8, 4) is 22.3 Å². The lowest BCUT2D eigenvalue weighted by Gasteiger charge is -2.60. The number of furan rings is 1. The molecule has 9 rings (SSSR count). The van der Waals surface area contributed by atoms with Crippen LogP contribution in [-0.2, 0) is 5.41 Å². The summed E-state index contributed by atoms with van der Waals surface area (Å²) in [6, 6.07) is 29.3. The van der Waals surface area contributed by atoms with E-state index in [-0.39, 0.29) is 5.41 Å². The molecule has 3 bridgehead atoms. The van der Waals surface area contributed by atoms with Crippen molar-refractivity contribution in [1.82, 2.24) is 0 Å². The van der Waals surface area contributed by atoms with Gasteiger partial charge in [0, 0.05) is 21.2 Å². The van der Waals surface area contributed by atoms with Crippen LogP contribution < -0.4 is 0 Å². The topological polar surface area (TPSA) is 13.1 Å². The number of hydrogen-bond acceptors (Lipinski definition) is 1. The van der Waals surface area contributed by atoms with Crippen molar-refractivity contribution in [1.29, 1.82) is 0 Å². The van der Waals surface area contributed by atoms with Crippen molar-refractivity contribution in [2.75, 3.05) is 0 Å². The van der Waals surface area contributed by atoms with Gasteiger partial charge in [0.15, 0.2) is 0 Å². The van der Waals surface area contributed by atoms with Crippen LogP contribution in [-0.4, -0.2) is 0 Å². The summed E-state index contributed by atoms with van der Waals surface area (Å²) in [5, 5.41) is 2.96. The summed E-state index contributed by atoms with van der Waals surface area (Å²) in [4.78, 5) is 0. The van der Waals surface area contributed by atoms with Crippen LogP contribution in [0.1, 0.15) is 49.7 Å². The van der Waals surface area contributed by atoms with E-state index in [4.69, 9.17) is 16.0 Å². The minimum Gasteiger partial charge on any atom is -0.456 e. The van der Waals surface area contributed by atoms with E-state index in [2.05, 4.69) is 60.7 Å². The fourth-order valence-corrected chi connectivity index (χ4v) is 9.56. The van der Waals surface area contributed by atoms with E-state index in [0.717, 1.165) is 50.6 Å². The predicted molar refractivity (Wildman–Crippen MR) is 152 cm³/mol. The molecular weight excluding hydrogens is 472 g/mol. The lowest BCUT2D eigenvalue weighted by molar-refractivity contribution is -0.0320. The van der Waals surface area contributed by atoms with E-state index < -0.39 is 0 Å². The summed E-state index contributed by atoms with van der Waals surface area (Å²) in [6.45, 7) is 0. The van der Waals surface area contributed by atoms with Crippen LogP contribution in [0.15, 0.2) is 83.3 Å². The molecule has 0 saturated heterocycles. The van der Waals surface area contributed by atoms with Gasteiger partial charge in [0.1, 0.15) is 11.2 Å². The van der Waals surface area contributed by atoms with E-state index in [0.29, 0.717) is 0 Å². The first-order chi connectivity index (χ1) is 18.2. The highest BCUT2D eigenvalue weighted by Gasteiger charge is 2.61. The summed E-state index contributed by atoms with van der Waals surface area (Å²) in [5.74, 6) is 3.46. The van der Waals surface area contributed by atoms with Crippen LogP contribution in [0.25, 0.3) is 44.2 Å². The number of halogens is 1. The molecule has 1 heterocycles. The third-order valence-corrected chi connectivity index (χ3v) is 11.0. The highest BCUT2D eigenvalue weighted by molar-refractivity contribution is 6.31. The molecule has 0 N–H and O–H groups in total. The average molecular weight is 501 g/mol. The Bertz CT molecular complexity index is 1740. The minimum atomic E-state index is 0.228. The van der Waals surface area contributed by atoms with Gasteiger partial charge in [-0.05, 0) is 126 Å². The van der Waals surface area contributed by atoms with Gasteiger partial charge in [0.2, 0.25) is 0 Å². The highest BCUT2D eigenvalue weighted by Crippen LogP contribution is 2.69. The molecule has 1 aromatic heterocycles. The second-order valence-electron chi connectivity index (χ2n) is 12.2. The lowest BCUT2D eigenvalue weighted by atomic mass is 9.43. The molecule has 5 unspecified atom stereocenters. The maximum atomic E-state index is 6.34. The zero-order valence-corrected chi connectivity index (χ0v) is 21.6. The standard InChI is InChI=1S/C35H29ClO/c36-25-11-14-34-29(19-25)28-18-23(9-13-33(28)37-34)22-8-12-31-27(17-22)26-3-1-2-4-30(26)35(31)24-10-7-21-6-5-20(15-24)16-32(21)35/h1-4,8-9,11-14,17-21,24,32H,5-7,10,15-16H2. The summed E-state index contributed by atoms with van der Waals surface area (Å²) in [5.41, 5.74) is 10.8. The van der Waals surface area contributed by atoms with E-state index >= 15 is 0 Å². The van der Waals surface area contributed by atoms with Gasteiger partial charge in [-0.25, -0.2) is 0 Å². The molecule has 2 heteroatoms. The summed E-state index contributed by atoms with van der Waals surface area (Å²) < 4.78 is 6.10. The zero-order valence-electron chi connectivity index (χ0n) is 20.8. The number of fused-ring (bicyclic) bond motifs is 7. The first-order valence-electron chi connectivity index (χ1n) is 14.1. The van der Waals surface area contributed by atoms with Gasteiger partial charge in [-0.3, -0.25) is 0 Å². The fraction of sp³-hybridized carbons (Fsp3) is 0.314. The molecule has 1 nitrogen and oxygen atoms in total. The predicted octanol–water partition coefficient (Wildman–Crippen LogP) is 10.0. The van der Waals surface area contributed by atoms with E-state index in [1.54, 1.807) is 11.1 Å². The average Bonchev–Trinajstić information content (AvgIpc) is 3.41. The van der Waals surface area contributed by atoms with E-state index in [1.807, 2.05) is 18.2 Å². The third kappa shape index (κ3) is 2.66. The van der Waals surface area contributed by atoms with E-state index in [1.165, 1.54) is 60.8 Å². The summed E-state index contributed by atoms with van der Waals surface area (Å²) >= 11 is 6.34. The molecule has 5 aromatic rings. The van der Waals surface area contributed by atoms with Gasteiger partial charge in [-0.15, -0.1) is 0 Å². The van der Waals surface area contributed by atoms with Crippen molar-refractivity contribution in [2.45, 2.75) is 43.9 Å². The fourth-order valence-electron chi connectivity index (χ4n) is 9.39.